The smallest absolute Gasteiger partial charge is 0.232 e. The molecule has 2 heterocycles. The van der Waals surface area contributed by atoms with Crippen LogP contribution in [-0.2, 0) is 21.2 Å². The molecule has 1 aromatic carbocycles. The van der Waals surface area contributed by atoms with Crippen molar-refractivity contribution in [3.8, 4) is 0 Å². The van der Waals surface area contributed by atoms with Crippen LogP contribution < -0.4 is 9.62 Å². The highest BCUT2D eigenvalue weighted by molar-refractivity contribution is 8.01. The van der Waals surface area contributed by atoms with E-state index in [9.17, 15) is 13.2 Å². The lowest BCUT2D eigenvalue weighted by atomic mass is 9.99. The number of aromatic nitrogens is 2. The summed E-state index contributed by atoms with van der Waals surface area (Å²) in [7, 11) is -1.68. The van der Waals surface area contributed by atoms with Gasteiger partial charge < -0.3 is 10.1 Å². The molecule has 0 atom stereocenters. The van der Waals surface area contributed by atoms with Crippen LogP contribution in [0, 0.1) is 0 Å². The van der Waals surface area contributed by atoms with Crippen molar-refractivity contribution in [2.45, 2.75) is 17.2 Å². The Bertz CT molecular complexity index is 946. The molecule has 1 N–H and O–H groups in total. The number of Topliss-reactive ketones (excluding diaryl/α,β-unsaturated/α-hetero) is 1. The third-order valence-electron chi connectivity index (χ3n) is 4.19. The Morgan fingerprint density at radius 2 is 2.21 bits per heavy atom. The Morgan fingerprint density at radius 3 is 2.96 bits per heavy atom. The Labute approximate surface area is 172 Å². The first-order valence-electron chi connectivity index (χ1n) is 8.71. The molecule has 0 aliphatic carbocycles. The van der Waals surface area contributed by atoms with Gasteiger partial charge in [0.05, 0.1) is 24.3 Å². The van der Waals surface area contributed by atoms with E-state index in [0.29, 0.717) is 36.1 Å². The van der Waals surface area contributed by atoms with Gasteiger partial charge in [-0.1, -0.05) is 23.1 Å². The van der Waals surface area contributed by atoms with E-state index in [1.165, 1.54) is 33.7 Å². The SMILES string of the molecule is COCCNc1nnc(SCC(=O)c2ccc3c(c2)CCCN3S(C)(=O)=O)s1. The fourth-order valence-electron chi connectivity index (χ4n) is 2.89. The average Bonchev–Trinajstić information content (AvgIpc) is 3.12. The second-order valence-corrected chi connectivity index (χ2v) is 10.4. The van der Waals surface area contributed by atoms with E-state index in [4.69, 9.17) is 4.74 Å². The van der Waals surface area contributed by atoms with Gasteiger partial charge in [-0.2, -0.15) is 0 Å². The zero-order chi connectivity index (χ0) is 20.1. The lowest BCUT2D eigenvalue weighted by Crippen LogP contribution is -2.34. The summed E-state index contributed by atoms with van der Waals surface area (Å²) in [5.74, 6) is 0.231. The third kappa shape index (κ3) is 5.22. The number of hydrogen-bond donors (Lipinski definition) is 1. The number of carbonyl (C=O) groups is 1. The maximum absolute atomic E-state index is 12.6. The maximum Gasteiger partial charge on any atom is 0.232 e. The normalized spacial score (nSPS) is 14.0. The number of nitrogens with zero attached hydrogens (tertiary/aromatic N) is 3. The highest BCUT2D eigenvalue weighted by atomic mass is 32.2. The van der Waals surface area contributed by atoms with Crippen LogP contribution in [0.15, 0.2) is 22.5 Å². The Hall–Kier alpha value is -1.69. The zero-order valence-electron chi connectivity index (χ0n) is 15.7. The lowest BCUT2D eigenvalue weighted by Gasteiger charge is -2.29. The molecule has 28 heavy (non-hydrogen) atoms. The van der Waals surface area contributed by atoms with Crippen LogP contribution in [-0.4, -0.2) is 63.2 Å². The van der Waals surface area contributed by atoms with E-state index < -0.39 is 10.0 Å². The molecule has 0 amide bonds. The van der Waals surface area contributed by atoms with E-state index in [-0.39, 0.29) is 11.5 Å². The summed E-state index contributed by atoms with van der Waals surface area (Å²) in [5.41, 5.74) is 2.16. The zero-order valence-corrected chi connectivity index (χ0v) is 18.1. The summed E-state index contributed by atoms with van der Waals surface area (Å²) in [6, 6.07) is 5.24. The van der Waals surface area contributed by atoms with Crippen LogP contribution in [0.1, 0.15) is 22.3 Å². The number of aryl methyl sites for hydroxylation is 1. The highest BCUT2D eigenvalue weighted by Crippen LogP contribution is 2.31. The molecular weight excluding hydrogens is 420 g/mol. The molecular formula is C17H22N4O4S3. The molecule has 0 radical (unpaired) electrons. The van der Waals surface area contributed by atoms with Crippen LogP contribution in [0.25, 0.3) is 0 Å². The van der Waals surface area contributed by atoms with Gasteiger partial charge in [-0.3, -0.25) is 9.10 Å². The molecule has 0 saturated heterocycles. The molecule has 0 bridgehead atoms. The highest BCUT2D eigenvalue weighted by Gasteiger charge is 2.24. The van der Waals surface area contributed by atoms with Gasteiger partial charge >= 0.3 is 0 Å². The monoisotopic (exact) mass is 442 g/mol. The number of ether oxygens (including phenoxy) is 1. The molecule has 0 spiro atoms. The van der Waals surface area contributed by atoms with Gasteiger partial charge in [0.15, 0.2) is 10.1 Å². The van der Waals surface area contributed by atoms with Crippen molar-refractivity contribution in [2.24, 2.45) is 0 Å². The van der Waals surface area contributed by atoms with Crippen molar-refractivity contribution in [1.82, 2.24) is 10.2 Å². The summed E-state index contributed by atoms with van der Waals surface area (Å²) in [6.07, 6.45) is 2.72. The fraction of sp³-hybridized carbons (Fsp3) is 0.471. The predicted octanol–water partition coefficient (Wildman–Crippen LogP) is 2.28. The van der Waals surface area contributed by atoms with Crippen molar-refractivity contribution in [1.29, 1.82) is 0 Å². The van der Waals surface area contributed by atoms with Gasteiger partial charge in [0.2, 0.25) is 15.2 Å². The first kappa shape index (κ1) is 21.0. The van der Waals surface area contributed by atoms with Crippen molar-refractivity contribution >= 4 is 49.7 Å². The van der Waals surface area contributed by atoms with Crippen molar-refractivity contribution in [3.05, 3.63) is 29.3 Å². The van der Waals surface area contributed by atoms with Gasteiger partial charge in [-0.15, -0.1) is 10.2 Å². The lowest BCUT2D eigenvalue weighted by molar-refractivity contribution is 0.102. The van der Waals surface area contributed by atoms with Crippen LogP contribution >= 0.6 is 23.1 Å². The number of hydrogen-bond acceptors (Lipinski definition) is 9. The van der Waals surface area contributed by atoms with Gasteiger partial charge in [0.1, 0.15) is 0 Å². The largest absolute Gasteiger partial charge is 0.383 e. The summed E-state index contributed by atoms with van der Waals surface area (Å²) < 4.78 is 31.0. The Morgan fingerprint density at radius 1 is 1.39 bits per heavy atom. The Kier molecular flexibility index (Phi) is 6.91. The average molecular weight is 443 g/mol. The molecule has 0 unspecified atom stereocenters. The van der Waals surface area contributed by atoms with Gasteiger partial charge in [0.25, 0.3) is 0 Å². The molecule has 8 nitrogen and oxygen atoms in total. The van der Waals surface area contributed by atoms with Crippen LogP contribution in [0.3, 0.4) is 0 Å². The van der Waals surface area contributed by atoms with Crippen molar-refractivity contribution < 1.29 is 17.9 Å². The number of anilines is 2. The fourth-order valence-corrected chi connectivity index (χ4v) is 5.56. The quantitative estimate of drug-likeness (QED) is 0.359. The maximum atomic E-state index is 12.6. The minimum atomic E-state index is -3.31. The van der Waals surface area contributed by atoms with Crippen LogP contribution in [0.4, 0.5) is 10.8 Å². The van der Waals surface area contributed by atoms with E-state index in [1.807, 2.05) is 6.07 Å². The van der Waals surface area contributed by atoms with Crippen molar-refractivity contribution in [3.63, 3.8) is 0 Å². The molecule has 3 rings (SSSR count). The van der Waals surface area contributed by atoms with E-state index in [0.717, 1.165) is 22.7 Å². The topological polar surface area (TPSA) is 101 Å². The predicted molar refractivity (Wildman–Crippen MR) is 112 cm³/mol. The van der Waals surface area contributed by atoms with E-state index in [2.05, 4.69) is 15.5 Å². The number of benzene rings is 1. The standard InChI is InChI=1S/C17H22N4O4S3/c1-25-9-7-18-16-19-20-17(27-16)26-11-15(22)13-5-6-14-12(10-13)4-3-8-21(14)28(2,23)24/h5-6,10H,3-4,7-9,11H2,1-2H3,(H,18,19). The number of methoxy groups -OCH3 is 1. The van der Waals surface area contributed by atoms with Crippen LogP contribution in [0.2, 0.25) is 0 Å². The van der Waals surface area contributed by atoms with E-state index in [1.54, 1.807) is 19.2 Å². The minimum Gasteiger partial charge on any atom is -0.383 e. The second kappa shape index (κ2) is 9.21. The summed E-state index contributed by atoms with van der Waals surface area (Å²) in [5, 5.41) is 11.9. The van der Waals surface area contributed by atoms with Crippen LogP contribution in [0.5, 0.6) is 0 Å². The molecule has 0 saturated carbocycles. The van der Waals surface area contributed by atoms with Gasteiger partial charge in [0, 0.05) is 25.8 Å². The number of carbonyl (C=O) groups excluding carboxylic acids is 1. The first-order chi connectivity index (χ1) is 13.4. The summed E-state index contributed by atoms with van der Waals surface area (Å²) >= 11 is 2.74. The van der Waals surface area contributed by atoms with Gasteiger partial charge in [-0.05, 0) is 36.6 Å². The van der Waals surface area contributed by atoms with Crippen molar-refractivity contribution in [2.75, 3.05) is 48.4 Å². The molecule has 2 aromatic rings. The minimum absolute atomic E-state index is 0.0200. The third-order valence-corrected chi connectivity index (χ3v) is 7.39. The molecule has 0 fully saturated rings. The molecule has 1 aliphatic rings. The summed E-state index contributed by atoms with van der Waals surface area (Å²) in [6.45, 7) is 1.71. The molecule has 1 aromatic heterocycles. The molecule has 1 aliphatic heterocycles. The number of rotatable bonds is 9. The summed E-state index contributed by atoms with van der Waals surface area (Å²) in [4.78, 5) is 12.6. The van der Waals surface area contributed by atoms with Gasteiger partial charge in [-0.25, -0.2) is 8.42 Å². The number of ketones is 1. The number of fused-ring (bicyclic) bond motifs is 1. The number of nitrogens with one attached hydrogen (secondary N) is 1. The first-order valence-corrected chi connectivity index (χ1v) is 12.4. The Balaban J connectivity index is 1.62. The van der Waals surface area contributed by atoms with E-state index >= 15 is 0 Å². The second-order valence-electron chi connectivity index (χ2n) is 6.29. The molecule has 11 heteroatoms. The number of sulfonamides is 1. The molecule has 152 valence electrons. The number of thioether (sulfide) groups is 1.